The van der Waals surface area contributed by atoms with Gasteiger partial charge in [0.1, 0.15) is 6.79 Å². The molecule has 2 heteroatoms. The lowest BCUT2D eigenvalue weighted by Crippen LogP contribution is -1.98. The Labute approximate surface area is 109 Å². The first-order valence-electron chi connectivity index (χ1n) is 7.88. The lowest BCUT2D eigenvalue weighted by Gasteiger charge is -2.03. The first-order chi connectivity index (χ1) is 8.81. The zero-order valence-corrected chi connectivity index (χ0v) is 11.9. The highest BCUT2D eigenvalue weighted by Gasteiger charge is 1.93. The monoisotopic (exact) mass is 245 g/mol. The van der Waals surface area contributed by atoms with Crippen LogP contribution in [0.3, 0.4) is 0 Å². The molecular weight excluding hydrogens is 212 g/mol. The number of methoxy groups -OCH3 is 1. The van der Waals surface area contributed by atoms with E-state index in [0.29, 0.717) is 6.79 Å². The fourth-order valence-electron chi connectivity index (χ4n) is 1.87. The van der Waals surface area contributed by atoms with E-state index in [4.69, 9.17) is 10.8 Å². The van der Waals surface area contributed by atoms with Gasteiger partial charge in [0.2, 0.25) is 0 Å². The molecule has 0 rings (SSSR count). The van der Waals surface area contributed by atoms with Gasteiger partial charge in [0.25, 0.3) is 0 Å². The van der Waals surface area contributed by atoms with Crippen molar-refractivity contribution in [2.75, 3.05) is 20.5 Å². The smallest absolute Gasteiger partial charge is 0.146 e. The molecule has 0 fully saturated rings. The van der Waals surface area contributed by atoms with E-state index < -0.39 is 0 Å². The molecule has 0 aliphatic heterocycles. The SMILES string of the molecule is [2H][C@@H](CCC)CCCCCCCCCOCOC. The van der Waals surface area contributed by atoms with Crippen LogP contribution in [-0.2, 0) is 9.47 Å². The van der Waals surface area contributed by atoms with Crippen molar-refractivity contribution in [3.8, 4) is 0 Å². The minimum absolute atomic E-state index is 0.188. The fraction of sp³-hybridized carbons (Fsp3) is 1.00. The topological polar surface area (TPSA) is 18.5 Å². The number of rotatable bonds is 14. The number of ether oxygens (including phenoxy) is 2. The van der Waals surface area contributed by atoms with E-state index in [2.05, 4.69) is 6.92 Å². The van der Waals surface area contributed by atoms with Crippen molar-refractivity contribution >= 4 is 0 Å². The number of hydrogen-bond donors (Lipinski definition) is 0. The molecular formula is C15H32O2. The molecule has 0 aromatic rings. The van der Waals surface area contributed by atoms with Crippen LogP contribution in [0, 0.1) is 0 Å². The molecule has 1 atom stereocenters. The molecule has 0 radical (unpaired) electrons. The van der Waals surface area contributed by atoms with Crippen molar-refractivity contribution < 1.29 is 10.8 Å². The van der Waals surface area contributed by atoms with E-state index >= 15 is 0 Å². The van der Waals surface area contributed by atoms with Gasteiger partial charge < -0.3 is 9.47 Å². The summed E-state index contributed by atoms with van der Waals surface area (Å²) in [5.74, 6) is 0. The van der Waals surface area contributed by atoms with Gasteiger partial charge in [-0.2, -0.15) is 0 Å². The minimum atomic E-state index is 0.188. The molecule has 0 aliphatic rings. The maximum atomic E-state index is 7.77. The zero-order valence-electron chi connectivity index (χ0n) is 12.9. The predicted octanol–water partition coefficient (Wildman–Crippen LogP) is 4.92. The van der Waals surface area contributed by atoms with Crippen LogP contribution in [-0.4, -0.2) is 20.5 Å². The molecule has 0 saturated heterocycles. The van der Waals surface area contributed by atoms with E-state index in [0.717, 1.165) is 32.3 Å². The second-order valence-corrected chi connectivity index (χ2v) is 4.66. The van der Waals surface area contributed by atoms with Crippen molar-refractivity contribution in [1.29, 1.82) is 0 Å². The van der Waals surface area contributed by atoms with Crippen LogP contribution in [0.25, 0.3) is 0 Å². The molecule has 0 unspecified atom stereocenters. The third-order valence-corrected chi connectivity index (χ3v) is 2.89. The first kappa shape index (κ1) is 15.0. The molecule has 0 saturated carbocycles. The highest BCUT2D eigenvalue weighted by Crippen LogP contribution is 2.11. The lowest BCUT2D eigenvalue weighted by molar-refractivity contribution is -0.0315. The highest BCUT2D eigenvalue weighted by atomic mass is 16.7. The molecule has 0 aromatic heterocycles. The molecule has 0 heterocycles. The Bertz CT molecular complexity index is 153. The van der Waals surface area contributed by atoms with E-state index in [1.54, 1.807) is 7.11 Å². The Kier molecular flexibility index (Phi) is 14.0. The molecule has 0 N–H and O–H groups in total. The van der Waals surface area contributed by atoms with Crippen LogP contribution in [0.1, 0.15) is 78.9 Å². The van der Waals surface area contributed by atoms with E-state index in [-0.39, 0.29) is 6.40 Å². The predicted molar refractivity (Wildman–Crippen MR) is 74.3 cm³/mol. The molecule has 17 heavy (non-hydrogen) atoms. The average Bonchev–Trinajstić information content (AvgIpc) is 2.36. The molecule has 0 aromatic carbocycles. The molecule has 104 valence electrons. The third-order valence-electron chi connectivity index (χ3n) is 2.89. The maximum absolute atomic E-state index is 7.77. The fourth-order valence-corrected chi connectivity index (χ4v) is 1.87. The van der Waals surface area contributed by atoms with Gasteiger partial charge in [0, 0.05) is 15.1 Å². The largest absolute Gasteiger partial charge is 0.359 e. The molecule has 0 amide bonds. The van der Waals surface area contributed by atoms with Crippen LogP contribution in [0.5, 0.6) is 0 Å². The van der Waals surface area contributed by atoms with Crippen molar-refractivity contribution in [3.05, 3.63) is 0 Å². The summed E-state index contributed by atoms with van der Waals surface area (Å²) in [6.07, 6.45) is 12.4. The van der Waals surface area contributed by atoms with Gasteiger partial charge in [-0.25, -0.2) is 0 Å². The summed E-state index contributed by atoms with van der Waals surface area (Å²) in [6.45, 7) is 3.41. The average molecular weight is 245 g/mol. The van der Waals surface area contributed by atoms with Crippen LogP contribution in [0.2, 0.25) is 0 Å². The molecule has 2 nitrogen and oxygen atoms in total. The molecule has 0 spiro atoms. The van der Waals surface area contributed by atoms with Crippen molar-refractivity contribution in [3.63, 3.8) is 0 Å². The van der Waals surface area contributed by atoms with Gasteiger partial charge in [-0.15, -0.1) is 0 Å². The van der Waals surface area contributed by atoms with Crippen molar-refractivity contribution in [2.24, 2.45) is 0 Å². The van der Waals surface area contributed by atoms with Gasteiger partial charge in [-0.3, -0.25) is 0 Å². The summed E-state index contributed by atoms with van der Waals surface area (Å²) >= 11 is 0. The minimum Gasteiger partial charge on any atom is -0.359 e. The summed E-state index contributed by atoms with van der Waals surface area (Å²) < 4.78 is 17.8. The zero-order chi connectivity index (χ0) is 13.5. The second-order valence-electron chi connectivity index (χ2n) is 4.66. The Morgan fingerprint density at radius 3 is 2.00 bits per heavy atom. The number of unbranched alkanes of at least 4 members (excludes halogenated alkanes) is 6. The summed E-state index contributed by atoms with van der Waals surface area (Å²) in [7, 11) is 1.65. The maximum Gasteiger partial charge on any atom is 0.146 e. The lowest BCUT2D eigenvalue weighted by atomic mass is 10.1. The van der Waals surface area contributed by atoms with Crippen LogP contribution in [0.4, 0.5) is 0 Å². The Morgan fingerprint density at radius 1 is 0.824 bits per heavy atom. The Morgan fingerprint density at radius 2 is 1.41 bits per heavy atom. The summed E-state index contributed by atoms with van der Waals surface area (Å²) in [4.78, 5) is 0. The van der Waals surface area contributed by atoms with Crippen LogP contribution >= 0.6 is 0 Å². The van der Waals surface area contributed by atoms with Gasteiger partial charge in [-0.1, -0.05) is 71.1 Å². The molecule has 0 aliphatic carbocycles. The van der Waals surface area contributed by atoms with Crippen molar-refractivity contribution in [1.82, 2.24) is 0 Å². The van der Waals surface area contributed by atoms with E-state index in [1.165, 1.54) is 38.5 Å². The van der Waals surface area contributed by atoms with Gasteiger partial charge >= 0.3 is 0 Å². The van der Waals surface area contributed by atoms with Crippen LogP contribution in [0.15, 0.2) is 0 Å². The van der Waals surface area contributed by atoms with Crippen molar-refractivity contribution in [2.45, 2.75) is 77.5 Å². The Balaban J connectivity index is 2.98. The second kappa shape index (κ2) is 15.9. The Hall–Kier alpha value is -0.0800. The molecule has 0 bridgehead atoms. The van der Waals surface area contributed by atoms with E-state index in [9.17, 15) is 0 Å². The highest BCUT2D eigenvalue weighted by molar-refractivity contribution is 4.47. The third kappa shape index (κ3) is 15.9. The normalized spacial score (nSPS) is 13.6. The van der Waals surface area contributed by atoms with Gasteiger partial charge in [0.05, 0.1) is 0 Å². The number of hydrogen-bond acceptors (Lipinski definition) is 2. The summed E-state index contributed by atoms with van der Waals surface area (Å²) in [5, 5.41) is 0. The standard InChI is InChI=1S/C15H32O2/c1-3-4-5-6-7-8-9-10-11-12-13-14-17-15-16-2/h3-15H2,1-2H3/i5D/t5-/m0/s1. The summed E-state index contributed by atoms with van der Waals surface area (Å²) in [6, 6.07) is 0. The van der Waals surface area contributed by atoms with E-state index in [1.807, 2.05) is 0 Å². The van der Waals surface area contributed by atoms with Crippen LogP contribution < -0.4 is 0 Å². The van der Waals surface area contributed by atoms with Gasteiger partial charge in [-0.05, 0) is 6.42 Å². The first-order valence-corrected chi connectivity index (χ1v) is 7.30. The quantitative estimate of drug-likeness (QED) is 0.319. The summed E-state index contributed by atoms with van der Waals surface area (Å²) in [5.41, 5.74) is 0. The van der Waals surface area contributed by atoms with Gasteiger partial charge in [0.15, 0.2) is 0 Å².